The maximum absolute atomic E-state index is 11.7. The van der Waals surface area contributed by atoms with Gasteiger partial charge < -0.3 is 10.2 Å². The fraction of sp³-hybridized carbons (Fsp3) is 0.556. The second-order valence-corrected chi connectivity index (χ2v) is 4.29. The van der Waals surface area contributed by atoms with Crippen molar-refractivity contribution in [2.75, 3.05) is 13.6 Å². The van der Waals surface area contributed by atoms with Gasteiger partial charge in [0.05, 0.1) is 12.6 Å². The van der Waals surface area contributed by atoms with Gasteiger partial charge in [-0.05, 0) is 13.5 Å². The number of nitrogens with zero attached hydrogens (tertiary/aromatic N) is 2. The lowest BCUT2D eigenvalue weighted by molar-refractivity contribution is -0.129. The Morgan fingerprint density at radius 1 is 1.79 bits per heavy atom. The van der Waals surface area contributed by atoms with Crippen molar-refractivity contribution in [2.45, 2.75) is 19.0 Å². The maximum Gasteiger partial charge on any atom is 0.240 e. The van der Waals surface area contributed by atoms with E-state index in [4.69, 9.17) is 0 Å². The summed E-state index contributed by atoms with van der Waals surface area (Å²) in [6.45, 7) is 1.50. The van der Waals surface area contributed by atoms with Crippen LogP contribution in [0.2, 0.25) is 0 Å². The van der Waals surface area contributed by atoms with Gasteiger partial charge in [-0.15, -0.1) is 11.3 Å². The molecule has 1 saturated heterocycles. The lowest BCUT2D eigenvalue weighted by Gasteiger charge is -2.14. The Kier molecular flexibility index (Phi) is 2.79. The smallest absolute Gasteiger partial charge is 0.240 e. The fourth-order valence-electron chi connectivity index (χ4n) is 1.66. The summed E-state index contributed by atoms with van der Waals surface area (Å²) in [5.74, 6) is 0.197. The van der Waals surface area contributed by atoms with Gasteiger partial charge in [0.1, 0.15) is 5.01 Å². The van der Waals surface area contributed by atoms with E-state index in [2.05, 4.69) is 10.3 Å². The molecule has 0 spiro atoms. The van der Waals surface area contributed by atoms with E-state index in [9.17, 15) is 4.79 Å². The lowest BCUT2D eigenvalue weighted by Crippen LogP contribution is -2.35. The average molecular weight is 211 g/mol. The SMILES string of the molecule is CNC1CCN(Cc2nccs2)C1=O. The number of likely N-dealkylation sites (tertiary alicyclic amines) is 1. The van der Waals surface area contributed by atoms with Gasteiger partial charge in [0.2, 0.25) is 5.91 Å². The van der Waals surface area contributed by atoms with Crippen LogP contribution in [0.3, 0.4) is 0 Å². The predicted octanol–water partition coefficient (Wildman–Crippen LogP) is 0.463. The first kappa shape index (κ1) is 9.61. The number of nitrogens with one attached hydrogen (secondary N) is 1. The van der Waals surface area contributed by atoms with Crippen LogP contribution in [0, 0.1) is 0 Å². The van der Waals surface area contributed by atoms with Crippen LogP contribution in [-0.4, -0.2) is 35.4 Å². The van der Waals surface area contributed by atoms with Crippen LogP contribution >= 0.6 is 11.3 Å². The summed E-state index contributed by atoms with van der Waals surface area (Å²) in [4.78, 5) is 17.7. The Labute approximate surface area is 86.9 Å². The van der Waals surface area contributed by atoms with Gasteiger partial charge in [0.15, 0.2) is 0 Å². The Hall–Kier alpha value is -0.940. The highest BCUT2D eigenvalue weighted by Crippen LogP contribution is 2.15. The highest BCUT2D eigenvalue weighted by molar-refractivity contribution is 7.09. The van der Waals surface area contributed by atoms with Crippen LogP contribution in [0.15, 0.2) is 11.6 Å². The van der Waals surface area contributed by atoms with Gasteiger partial charge in [-0.2, -0.15) is 0 Å². The predicted molar refractivity (Wildman–Crippen MR) is 55.0 cm³/mol. The number of hydrogen-bond acceptors (Lipinski definition) is 4. The molecule has 0 saturated carbocycles. The Morgan fingerprint density at radius 3 is 3.21 bits per heavy atom. The number of thiazole rings is 1. The summed E-state index contributed by atoms with van der Waals surface area (Å²) in [6, 6.07) is 0.00922. The number of hydrogen-bond donors (Lipinski definition) is 1. The molecular weight excluding hydrogens is 198 g/mol. The van der Waals surface area contributed by atoms with E-state index in [1.54, 1.807) is 17.5 Å². The van der Waals surface area contributed by atoms with Crippen molar-refractivity contribution >= 4 is 17.2 Å². The van der Waals surface area contributed by atoms with Crippen LogP contribution in [0.4, 0.5) is 0 Å². The van der Waals surface area contributed by atoms with Crippen molar-refractivity contribution in [3.8, 4) is 0 Å². The largest absolute Gasteiger partial charge is 0.335 e. The third-order valence-corrected chi connectivity index (χ3v) is 3.22. The summed E-state index contributed by atoms with van der Waals surface area (Å²) < 4.78 is 0. The molecular formula is C9H13N3OS. The van der Waals surface area contributed by atoms with E-state index in [0.29, 0.717) is 6.54 Å². The normalized spacial score (nSPS) is 21.9. The first-order valence-corrected chi connectivity index (χ1v) is 5.53. The molecule has 2 heterocycles. The molecule has 14 heavy (non-hydrogen) atoms. The molecule has 0 aliphatic carbocycles. The molecule has 1 aromatic rings. The second kappa shape index (κ2) is 4.06. The quantitative estimate of drug-likeness (QED) is 0.790. The van der Waals surface area contributed by atoms with E-state index in [-0.39, 0.29) is 11.9 Å². The minimum absolute atomic E-state index is 0.00922. The highest BCUT2D eigenvalue weighted by atomic mass is 32.1. The second-order valence-electron chi connectivity index (χ2n) is 3.32. The summed E-state index contributed by atoms with van der Waals surface area (Å²) in [7, 11) is 1.83. The van der Waals surface area contributed by atoms with Gasteiger partial charge in [-0.3, -0.25) is 4.79 Å². The van der Waals surface area contributed by atoms with E-state index < -0.39 is 0 Å². The van der Waals surface area contributed by atoms with E-state index in [1.165, 1.54) is 0 Å². The summed E-state index contributed by atoms with van der Waals surface area (Å²) in [5.41, 5.74) is 0. The van der Waals surface area contributed by atoms with Gasteiger partial charge >= 0.3 is 0 Å². The topological polar surface area (TPSA) is 45.2 Å². The van der Waals surface area contributed by atoms with E-state index in [0.717, 1.165) is 18.0 Å². The molecule has 1 atom stereocenters. The van der Waals surface area contributed by atoms with Crippen molar-refractivity contribution in [2.24, 2.45) is 0 Å². The number of amides is 1. The number of rotatable bonds is 3. The van der Waals surface area contributed by atoms with Crippen molar-refractivity contribution in [3.63, 3.8) is 0 Å². The zero-order chi connectivity index (χ0) is 9.97. The zero-order valence-corrected chi connectivity index (χ0v) is 8.88. The molecule has 1 N–H and O–H groups in total. The number of likely N-dealkylation sites (N-methyl/N-ethyl adjacent to an activating group) is 1. The molecule has 1 unspecified atom stereocenters. The molecule has 5 heteroatoms. The van der Waals surface area contributed by atoms with Gasteiger partial charge in [-0.25, -0.2) is 4.98 Å². The maximum atomic E-state index is 11.7. The molecule has 4 nitrogen and oxygen atoms in total. The van der Waals surface area contributed by atoms with Crippen LogP contribution in [0.1, 0.15) is 11.4 Å². The molecule has 0 radical (unpaired) electrons. The Balaban J connectivity index is 1.97. The van der Waals surface area contributed by atoms with Gasteiger partial charge in [0, 0.05) is 18.1 Å². The van der Waals surface area contributed by atoms with Crippen LogP contribution in [0.5, 0.6) is 0 Å². The highest BCUT2D eigenvalue weighted by Gasteiger charge is 2.30. The molecule has 1 amide bonds. The first-order chi connectivity index (χ1) is 6.81. The minimum Gasteiger partial charge on any atom is -0.335 e. The summed E-state index contributed by atoms with van der Waals surface area (Å²) >= 11 is 1.60. The third-order valence-electron chi connectivity index (χ3n) is 2.46. The third kappa shape index (κ3) is 1.78. The Bertz CT molecular complexity index is 312. The first-order valence-electron chi connectivity index (χ1n) is 4.65. The summed E-state index contributed by atoms with van der Waals surface area (Å²) in [6.07, 6.45) is 2.68. The molecule has 1 aliphatic rings. The standard InChI is InChI=1S/C9H13N3OS/c1-10-7-2-4-12(9(7)13)6-8-11-3-5-14-8/h3,5,7,10H,2,4,6H2,1H3. The van der Waals surface area contributed by atoms with E-state index >= 15 is 0 Å². The van der Waals surface area contributed by atoms with Crippen molar-refractivity contribution in [1.82, 2.24) is 15.2 Å². The molecule has 1 aliphatic heterocycles. The molecule has 76 valence electrons. The van der Waals surface area contributed by atoms with E-state index in [1.807, 2.05) is 17.3 Å². The van der Waals surface area contributed by atoms with Crippen molar-refractivity contribution in [3.05, 3.63) is 16.6 Å². The number of carbonyl (C=O) groups excluding carboxylic acids is 1. The fourth-order valence-corrected chi connectivity index (χ4v) is 2.29. The monoisotopic (exact) mass is 211 g/mol. The van der Waals surface area contributed by atoms with Gasteiger partial charge in [-0.1, -0.05) is 0 Å². The van der Waals surface area contributed by atoms with Crippen LogP contribution < -0.4 is 5.32 Å². The minimum atomic E-state index is 0.00922. The zero-order valence-electron chi connectivity index (χ0n) is 8.06. The molecule has 1 fully saturated rings. The Morgan fingerprint density at radius 2 is 2.64 bits per heavy atom. The molecule has 0 aromatic carbocycles. The van der Waals surface area contributed by atoms with Gasteiger partial charge in [0.25, 0.3) is 0 Å². The summed E-state index contributed by atoms with van der Waals surface area (Å²) in [5, 5.41) is 5.96. The molecule has 1 aromatic heterocycles. The average Bonchev–Trinajstić information content (AvgIpc) is 2.79. The number of carbonyl (C=O) groups is 1. The van der Waals surface area contributed by atoms with Crippen molar-refractivity contribution < 1.29 is 4.79 Å². The van der Waals surface area contributed by atoms with Crippen LogP contribution in [0.25, 0.3) is 0 Å². The van der Waals surface area contributed by atoms with Crippen molar-refractivity contribution in [1.29, 1.82) is 0 Å². The molecule has 2 rings (SSSR count). The lowest BCUT2D eigenvalue weighted by atomic mass is 10.3. The van der Waals surface area contributed by atoms with Crippen LogP contribution in [-0.2, 0) is 11.3 Å². The number of aromatic nitrogens is 1. The molecule has 0 bridgehead atoms.